The molecule has 0 bridgehead atoms. The lowest BCUT2D eigenvalue weighted by Crippen LogP contribution is -2.46. The molecule has 26 heavy (non-hydrogen) atoms. The number of likely N-dealkylation sites (N-methyl/N-ethyl adjacent to an activating group) is 1. The molecule has 0 saturated heterocycles. The van der Waals surface area contributed by atoms with Crippen molar-refractivity contribution in [2.24, 2.45) is 5.41 Å². The highest BCUT2D eigenvalue weighted by molar-refractivity contribution is 5.35. The maximum Gasteiger partial charge on any atom is 0.206 e. The van der Waals surface area contributed by atoms with Gasteiger partial charge in [0.25, 0.3) is 0 Å². The lowest BCUT2D eigenvalue weighted by Gasteiger charge is -2.39. The third-order valence-electron chi connectivity index (χ3n) is 4.20. The van der Waals surface area contributed by atoms with Gasteiger partial charge in [-0.25, -0.2) is 0 Å². The summed E-state index contributed by atoms with van der Waals surface area (Å²) in [5.41, 5.74) is 1.29. The molecule has 0 aliphatic heterocycles. The van der Waals surface area contributed by atoms with Crippen LogP contribution >= 0.6 is 0 Å². The van der Waals surface area contributed by atoms with Crippen LogP contribution in [0.2, 0.25) is 0 Å². The van der Waals surface area contributed by atoms with E-state index in [2.05, 4.69) is 49.6 Å². The Morgan fingerprint density at radius 2 is 1.85 bits per heavy atom. The molecule has 138 valence electrons. The number of furan rings is 1. The predicted molar refractivity (Wildman–Crippen MR) is 107 cm³/mol. The number of nitrogens with zero attached hydrogens (tertiary/aromatic N) is 1. The van der Waals surface area contributed by atoms with Gasteiger partial charge >= 0.3 is 0 Å². The highest BCUT2D eigenvalue weighted by Crippen LogP contribution is 2.38. The molecule has 1 atom stereocenters. The van der Waals surface area contributed by atoms with Crippen LogP contribution in [0.5, 0.6) is 0 Å². The average Bonchev–Trinajstić information content (AvgIpc) is 3.02. The topological polar surface area (TPSA) is 25.6 Å². The number of ether oxygens (including phenoxy) is 1. The Morgan fingerprint density at radius 1 is 1.15 bits per heavy atom. The van der Waals surface area contributed by atoms with Crippen LogP contribution in [-0.2, 0) is 10.5 Å². The quantitative estimate of drug-likeness (QED) is 0.542. The normalized spacial score (nSPS) is 14.3. The monoisotopic (exact) mass is 351 g/mol. The number of allylic oxidation sites excluding steroid dienone is 1. The number of hydrogen-bond donors (Lipinski definition) is 0. The molecule has 0 spiro atoms. The van der Waals surface area contributed by atoms with Gasteiger partial charge in [0.2, 0.25) is 5.72 Å². The van der Waals surface area contributed by atoms with E-state index < -0.39 is 5.72 Å². The fraction of sp³-hybridized carbons (Fsp3) is 0.391. The Hall–Kier alpha value is -2.28. The van der Waals surface area contributed by atoms with Crippen LogP contribution in [0.25, 0.3) is 0 Å². The molecule has 2 aromatic rings. The zero-order chi connectivity index (χ0) is 19.2. The second-order valence-electron chi connectivity index (χ2n) is 7.45. The number of benzene rings is 1. The molecule has 0 aliphatic carbocycles. The van der Waals surface area contributed by atoms with E-state index in [4.69, 9.17) is 9.15 Å². The maximum atomic E-state index is 6.08. The summed E-state index contributed by atoms with van der Waals surface area (Å²) in [5.74, 6) is 7.12. The van der Waals surface area contributed by atoms with E-state index in [0.717, 1.165) is 16.9 Å². The lowest BCUT2D eigenvalue weighted by molar-refractivity contribution is -0.108. The van der Waals surface area contributed by atoms with E-state index in [-0.39, 0.29) is 5.41 Å². The smallest absolute Gasteiger partial charge is 0.206 e. The van der Waals surface area contributed by atoms with Crippen molar-refractivity contribution in [2.75, 3.05) is 20.7 Å². The van der Waals surface area contributed by atoms with Gasteiger partial charge in [0, 0.05) is 24.6 Å². The molecule has 1 aromatic heterocycles. The van der Waals surface area contributed by atoms with Gasteiger partial charge in [0.15, 0.2) is 5.76 Å². The predicted octanol–water partition coefficient (Wildman–Crippen LogP) is 4.97. The van der Waals surface area contributed by atoms with Crippen molar-refractivity contribution in [1.82, 2.24) is 4.90 Å². The van der Waals surface area contributed by atoms with Crippen molar-refractivity contribution in [3.05, 3.63) is 71.7 Å². The summed E-state index contributed by atoms with van der Waals surface area (Å²) < 4.78 is 11.9. The highest BCUT2D eigenvalue weighted by atomic mass is 16.5. The third-order valence-corrected chi connectivity index (χ3v) is 4.20. The van der Waals surface area contributed by atoms with Crippen molar-refractivity contribution in [3.8, 4) is 11.8 Å². The lowest BCUT2D eigenvalue weighted by atomic mass is 9.95. The second-order valence-corrected chi connectivity index (χ2v) is 7.45. The van der Waals surface area contributed by atoms with Gasteiger partial charge in [-0.1, -0.05) is 48.2 Å². The van der Waals surface area contributed by atoms with E-state index in [1.807, 2.05) is 50.4 Å². The van der Waals surface area contributed by atoms with Crippen LogP contribution < -0.4 is 0 Å². The minimum Gasteiger partial charge on any atom is -0.464 e. The molecule has 0 radical (unpaired) electrons. The molecule has 1 unspecified atom stereocenters. The highest BCUT2D eigenvalue weighted by Gasteiger charge is 2.42. The molecular formula is C23H29NO2. The zero-order valence-electron chi connectivity index (χ0n) is 16.7. The molecule has 0 aliphatic rings. The summed E-state index contributed by atoms with van der Waals surface area (Å²) in [4.78, 5) is 2.13. The number of aryl methyl sites for hydroxylation is 1. The van der Waals surface area contributed by atoms with Crippen LogP contribution in [0, 0.1) is 24.2 Å². The molecule has 0 fully saturated rings. The van der Waals surface area contributed by atoms with E-state index in [0.29, 0.717) is 6.54 Å². The molecule has 1 aromatic carbocycles. The zero-order valence-corrected chi connectivity index (χ0v) is 16.7. The molecule has 0 N–H and O–H groups in total. The first-order valence-electron chi connectivity index (χ1n) is 8.85. The summed E-state index contributed by atoms with van der Waals surface area (Å²) >= 11 is 0. The molecular weight excluding hydrogens is 322 g/mol. The van der Waals surface area contributed by atoms with Gasteiger partial charge in [0.1, 0.15) is 0 Å². The van der Waals surface area contributed by atoms with Gasteiger partial charge in [0.05, 0.1) is 6.26 Å². The SMILES string of the molecule is COC(c1ccccc1)(c1occc1C)N(C)CC=CC#CC(C)(C)C. The fourth-order valence-corrected chi connectivity index (χ4v) is 2.93. The van der Waals surface area contributed by atoms with Crippen molar-refractivity contribution in [3.63, 3.8) is 0 Å². The minimum atomic E-state index is -0.795. The molecule has 0 amide bonds. The number of methoxy groups -OCH3 is 1. The van der Waals surface area contributed by atoms with Crippen LogP contribution in [0.4, 0.5) is 0 Å². The number of rotatable bonds is 6. The largest absolute Gasteiger partial charge is 0.464 e. The Kier molecular flexibility index (Phi) is 6.47. The first-order valence-corrected chi connectivity index (χ1v) is 8.85. The molecule has 2 rings (SSSR count). The van der Waals surface area contributed by atoms with Gasteiger partial charge in [-0.15, -0.1) is 0 Å². The van der Waals surface area contributed by atoms with Crippen molar-refractivity contribution < 1.29 is 9.15 Å². The Bertz CT molecular complexity index is 787. The van der Waals surface area contributed by atoms with E-state index in [9.17, 15) is 0 Å². The first-order chi connectivity index (χ1) is 12.3. The Morgan fingerprint density at radius 3 is 2.38 bits per heavy atom. The molecule has 0 saturated carbocycles. The summed E-state index contributed by atoms with van der Waals surface area (Å²) in [6.07, 6.45) is 5.66. The van der Waals surface area contributed by atoms with E-state index in [1.54, 1.807) is 13.4 Å². The van der Waals surface area contributed by atoms with E-state index in [1.165, 1.54) is 0 Å². The standard InChI is InChI=1S/C23H29NO2/c1-19-15-18-26-21(19)23(25-6,20-13-9-7-10-14-20)24(5)17-12-8-11-16-22(2,3)4/h7-10,12-15,18H,17H2,1-6H3. The maximum absolute atomic E-state index is 6.08. The van der Waals surface area contributed by atoms with Crippen molar-refractivity contribution >= 4 is 0 Å². The van der Waals surface area contributed by atoms with Crippen molar-refractivity contribution in [2.45, 2.75) is 33.4 Å². The van der Waals surface area contributed by atoms with Gasteiger partial charge in [-0.05, 0) is 52.4 Å². The van der Waals surface area contributed by atoms with Crippen LogP contribution in [0.3, 0.4) is 0 Å². The summed E-state index contributed by atoms with van der Waals surface area (Å²) in [6.45, 7) is 9.01. The molecule has 1 heterocycles. The van der Waals surface area contributed by atoms with Crippen molar-refractivity contribution in [1.29, 1.82) is 0 Å². The average molecular weight is 351 g/mol. The number of hydrogen-bond acceptors (Lipinski definition) is 3. The van der Waals surface area contributed by atoms with Crippen LogP contribution in [0.15, 0.2) is 59.2 Å². The van der Waals surface area contributed by atoms with Gasteiger partial charge < -0.3 is 9.15 Å². The Labute approximate surface area is 157 Å². The molecule has 3 heteroatoms. The second kappa shape index (κ2) is 8.40. The third kappa shape index (κ3) is 4.46. The van der Waals surface area contributed by atoms with Gasteiger partial charge in [-0.2, -0.15) is 0 Å². The summed E-state index contributed by atoms with van der Waals surface area (Å²) in [6, 6.07) is 12.1. The first kappa shape index (κ1) is 20.0. The van der Waals surface area contributed by atoms with Crippen LogP contribution in [-0.4, -0.2) is 25.6 Å². The summed E-state index contributed by atoms with van der Waals surface area (Å²) in [7, 11) is 3.74. The Balaban J connectivity index is 2.37. The van der Waals surface area contributed by atoms with Gasteiger partial charge in [-0.3, -0.25) is 4.90 Å². The van der Waals surface area contributed by atoms with Crippen LogP contribution in [0.1, 0.15) is 37.7 Å². The minimum absolute atomic E-state index is 0.00183. The van der Waals surface area contributed by atoms with E-state index >= 15 is 0 Å². The fourth-order valence-electron chi connectivity index (χ4n) is 2.93. The molecule has 3 nitrogen and oxygen atoms in total. The summed E-state index contributed by atoms with van der Waals surface area (Å²) in [5, 5.41) is 0.